The Morgan fingerprint density at radius 3 is 2.45 bits per heavy atom. The highest BCUT2D eigenvalue weighted by atomic mass is 16.5. The van der Waals surface area contributed by atoms with E-state index in [4.69, 9.17) is 14.2 Å². The Labute approximate surface area is 122 Å². The van der Waals surface area contributed by atoms with Crippen LogP contribution in [0, 0.1) is 0 Å². The average molecular weight is 281 g/mol. The lowest BCUT2D eigenvalue weighted by molar-refractivity contribution is 0.0640. The summed E-state index contributed by atoms with van der Waals surface area (Å²) in [7, 11) is 3.43. The van der Waals surface area contributed by atoms with Gasteiger partial charge in [0.2, 0.25) is 0 Å². The van der Waals surface area contributed by atoms with Crippen molar-refractivity contribution in [2.24, 2.45) is 0 Å². The molecule has 0 heterocycles. The molecule has 0 radical (unpaired) electrons. The lowest BCUT2D eigenvalue weighted by Gasteiger charge is -2.27. The minimum absolute atomic E-state index is 0.127. The zero-order valence-corrected chi connectivity index (χ0v) is 13.0. The largest absolute Gasteiger partial charge is 0.491 e. The van der Waals surface area contributed by atoms with E-state index in [-0.39, 0.29) is 12.1 Å². The van der Waals surface area contributed by atoms with Crippen molar-refractivity contribution in [3.05, 3.63) is 29.8 Å². The second-order valence-electron chi connectivity index (χ2n) is 4.60. The Balaban J connectivity index is 2.93. The molecule has 0 bridgehead atoms. The van der Waals surface area contributed by atoms with E-state index in [0.717, 1.165) is 24.3 Å². The van der Waals surface area contributed by atoms with Crippen LogP contribution in [0.15, 0.2) is 24.3 Å². The van der Waals surface area contributed by atoms with Crippen LogP contribution in [0.5, 0.6) is 5.75 Å². The molecule has 114 valence electrons. The summed E-state index contributed by atoms with van der Waals surface area (Å²) < 4.78 is 16.5. The summed E-state index contributed by atoms with van der Waals surface area (Å²) in [5.41, 5.74) is 1.14. The molecule has 0 saturated heterocycles. The van der Waals surface area contributed by atoms with Crippen LogP contribution in [0.1, 0.15) is 31.9 Å². The van der Waals surface area contributed by atoms with E-state index >= 15 is 0 Å². The van der Waals surface area contributed by atoms with Gasteiger partial charge in [-0.3, -0.25) is 0 Å². The van der Waals surface area contributed by atoms with Crippen LogP contribution in [0.25, 0.3) is 0 Å². The van der Waals surface area contributed by atoms with Crippen molar-refractivity contribution in [3.8, 4) is 5.75 Å². The summed E-state index contributed by atoms with van der Waals surface area (Å²) in [6.45, 7) is 6.26. The number of nitrogens with one attached hydrogen (secondary N) is 1. The molecule has 0 spiro atoms. The number of hydrogen-bond acceptors (Lipinski definition) is 4. The summed E-state index contributed by atoms with van der Waals surface area (Å²) in [6.07, 6.45) is 1.07. The first-order valence-electron chi connectivity index (χ1n) is 7.25. The summed E-state index contributed by atoms with van der Waals surface area (Å²) in [4.78, 5) is 0. The molecular formula is C16H27NO3. The van der Waals surface area contributed by atoms with Crippen LogP contribution in [-0.2, 0) is 9.47 Å². The molecule has 1 N–H and O–H groups in total. The Morgan fingerprint density at radius 2 is 1.85 bits per heavy atom. The van der Waals surface area contributed by atoms with Crippen molar-refractivity contribution < 1.29 is 14.2 Å². The maximum atomic E-state index is 5.82. The summed E-state index contributed by atoms with van der Waals surface area (Å²) in [6, 6.07) is 8.25. The van der Waals surface area contributed by atoms with Gasteiger partial charge in [-0.2, -0.15) is 0 Å². The topological polar surface area (TPSA) is 39.7 Å². The molecule has 4 nitrogen and oxygen atoms in total. The minimum atomic E-state index is 0.127. The fourth-order valence-corrected chi connectivity index (χ4v) is 2.30. The van der Waals surface area contributed by atoms with E-state index in [0.29, 0.717) is 13.2 Å². The first-order valence-corrected chi connectivity index (χ1v) is 7.25. The Hall–Kier alpha value is -1.10. The van der Waals surface area contributed by atoms with E-state index in [2.05, 4.69) is 25.2 Å². The summed E-state index contributed by atoms with van der Waals surface area (Å²) >= 11 is 0. The van der Waals surface area contributed by atoms with Gasteiger partial charge in [-0.1, -0.05) is 32.0 Å². The van der Waals surface area contributed by atoms with Crippen LogP contribution in [0.3, 0.4) is 0 Å². The molecule has 1 aromatic carbocycles. The second-order valence-corrected chi connectivity index (χ2v) is 4.60. The number of methoxy groups -OCH3 is 2. The van der Waals surface area contributed by atoms with Gasteiger partial charge in [-0.15, -0.1) is 0 Å². The Morgan fingerprint density at radius 1 is 1.10 bits per heavy atom. The highest BCUT2D eigenvalue weighted by molar-refractivity contribution is 5.36. The third kappa shape index (κ3) is 4.78. The van der Waals surface area contributed by atoms with Gasteiger partial charge in [-0.05, 0) is 19.0 Å². The predicted octanol–water partition coefficient (Wildman–Crippen LogP) is 2.79. The molecule has 0 aromatic heterocycles. The van der Waals surface area contributed by atoms with E-state index in [1.54, 1.807) is 14.2 Å². The first kappa shape index (κ1) is 17.0. The summed E-state index contributed by atoms with van der Waals surface area (Å²) in [5, 5.41) is 3.50. The SMILES string of the molecule is CCNC(c1ccccc1OCCOC)C(CC)OC. The normalized spacial score (nSPS) is 14.0. The van der Waals surface area contributed by atoms with Crippen molar-refractivity contribution >= 4 is 0 Å². The van der Waals surface area contributed by atoms with Gasteiger partial charge in [-0.25, -0.2) is 0 Å². The second kappa shape index (κ2) is 9.75. The quantitative estimate of drug-likeness (QED) is 0.669. The molecule has 0 amide bonds. The molecule has 2 unspecified atom stereocenters. The molecule has 0 aliphatic rings. The van der Waals surface area contributed by atoms with Crippen molar-refractivity contribution in [2.45, 2.75) is 32.4 Å². The number of benzene rings is 1. The highest BCUT2D eigenvalue weighted by Gasteiger charge is 2.23. The van der Waals surface area contributed by atoms with Gasteiger partial charge in [0.1, 0.15) is 12.4 Å². The van der Waals surface area contributed by atoms with Crippen molar-refractivity contribution in [3.63, 3.8) is 0 Å². The lowest BCUT2D eigenvalue weighted by atomic mass is 9.98. The van der Waals surface area contributed by atoms with Crippen molar-refractivity contribution in [2.75, 3.05) is 34.0 Å². The van der Waals surface area contributed by atoms with E-state index in [1.807, 2.05) is 18.2 Å². The van der Waals surface area contributed by atoms with Crippen LogP contribution in [-0.4, -0.2) is 40.1 Å². The van der Waals surface area contributed by atoms with E-state index in [1.165, 1.54) is 0 Å². The van der Waals surface area contributed by atoms with E-state index in [9.17, 15) is 0 Å². The molecule has 1 rings (SSSR count). The van der Waals surface area contributed by atoms with Gasteiger partial charge in [0.15, 0.2) is 0 Å². The van der Waals surface area contributed by atoms with Crippen molar-refractivity contribution in [1.29, 1.82) is 0 Å². The molecule has 4 heteroatoms. The zero-order valence-electron chi connectivity index (χ0n) is 13.0. The van der Waals surface area contributed by atoms with Crippen LogP contribution >= 0.6 is 0 Å². The fraction of sp³-hybridized carbons (Fsp3) is 0.625. The highest BCUT2D eigenvalue weighted by Crippen LogP contribution is 2.29. The zero-order chi connectivity index (χ0) is 14.8. The Kier molecular flexibility index (Phi) is 8.26. The van der Waals surface area contributed by atoms with Gasteiger partial charge in [0.25, 0.3) is 0 Å². The Bertz CT molecular complexity index is 366. The molecular weight excluding hydrogens is 254 g/mol. The van der Waals surface area contributed by atoms with E-state index < -0.39 is 0 Å². The molecule has 0 aliphatic carbocycles. The van der Waals surface area contributed by atoms with Crippen molar-refractivity contribution in [1.82, 2.24) is 5.32 Å². The van der Waals surface area contributed by atoms with Crippen LogP contribution in [0.2, 0.25) is 0 Å². The lowest BCUT2D eigenvalue weighted by Crippen LogP contribution is -2.33. The monoisotopic (exact) mass is 281 g/mol. The average Bonchev–Trinajstić information content (AvgIpc) is 2.48. The minimum Gasteiger partial charge on any atom is -0.491 e. The maximum Gasteiger partial charge on any atom is 0.124 e. The summed E-state index contributed by atoms with van der Waals surface area (Å²) in [5.74, 6) is 0.894. The molecule has 1 aromatic rings. The number of hydrogen-bond donors (Lipinski definition) is 1. The molecule has 0 saturated carbocycles. The molecule has 0 fully saturated rings. The van der Waals surface area contributed by atoms with Crippen LogP contribution < -0.4 is 10.1 Å². The molecule has 2 atom stereocenters. The number of ether oxygens (including phenoxy) is 3. The van der Waals surface area contributed by atoms with Gasteiger partial charge >= 0.3 is 0 Å². The predicted molar refractivity (Wildman–Crippen MR) is 81.3 cm³/mol. The molecule has 0 aliphatic heterocycles. The number of rotatable bonds is 10. The van der Waals surface area contributed by atoms with Gasteiger partial charge in [0.05, 0.1) is 18.8 Å². The fourth-order valence-electron chi connectivity index (χ4n) is 2.30. The number of para-hydroxylation sites is 1. The van der Waals surface area contributed by atoms with Gasteiger partial charge in [0, 0.05) is 19.8 Å². The first-order chi connectivity index (χ1) is 9.78. The number of likely N-dealkylation sites (N-methyl/N-ethyl adjacent to an activating group) is 1. The van der Waals surface area contributed by atoms with Crippen LogP contribution in [0.4, 0.5) is 0 Å². The van der Waals surface area contributed by atoms with Gasteiger partial charge < -0.3 is 19.5 Å². The maximum absolute atomic E-state index is 5.82. The third-order valence-electron chi connectivity index (χ3n) is 3.30. The third-order valence-corrected chi connectivity index (χ3v) is 3.30. The standard InChI is InChI=1S/C16H27NO3/c1-5-14(19-4)16(17-6-2)13-9-7-8-10-15(13)20-12-11-18-3/h7-10,14,16-17H,5-6,11-12H2,1-4H3. The smallest absolute Gasteiger partial charge is 0.124 e. The molecule has 20 heavy (non-hydrogen) atoms.